The van der Waals surface area contributed by atoms with Crippen LogP contribution in [0, 0.1) is 6.92 Å². The molecule has 0 aliphatic carbocycles. The number of amides is 1. The third-order valence-corrected chi connectivity index (χ3v) is 5.08. The Kier molecular flexibility index (Phi) is 4.47. The van der Waals surface area contributed by atoms with Crippen LogP contribution in [0.1, 0.15) is 20.1 Å². The van der Waals surface area contributed by atoms with Crippen molar-refractivity contribution in [1.29, 1.82) is 0 Å². The van der Waals surface area contributed by atoms with E-state index >= 15 is 0 Å². The molecule has 0 saturated carbocycles. The number of nitrogens with one attached hydrogen (secondary N) is 1. The lowest BCUT2D eigenvalue weighted by atomic mass is 10.2. The Morgan fingerprint density at radius 3 is 2.84 bits per heavy atom. The molecule has 1 aromatic carbocycles. The summed E-state index contributed by atoms with van der Waals surface area (Å²) in [4.78, 5) is 14.3. The van der Waals surface area contributed by atoms with Crippen LogP contribution < -0.4 is 17.0 Å². The zero-order chi connectivity index (χ0) is 13.8. The summed E-state index contributed by atoms with van der Waals surface area (Å²) in [6.07, 6.45) is 0. The van der Waals surface area contributed by atoms with E-state index in [2.05, 4.69) is 5.43 Å². The third kappa shape index (κ3) is 3.50. The number of hydrogen-bond acceptors (Lipinski definition) is 5. The molecule has 1 heterocycles. The number of hydrogen-bond donors (Lipinski definition) is 3. The number of thiophene rings is 1. The molecular weight excluding hydrogens is 278 g/mol. The summed E-state index contributed by atoms with van der Waals surface area (Å²) < 4.78 is 0. The standard InChI is InChI=1S/C13H15N3OS2/c1-8-6-9(14)2-4-11(8)18-7-10-3-5-12(19-10)13(17)16-15/h2-6H,7,14-15H2,1H3,(H,16,17). The van der Waals surface area contributed by atoms with Gasteiger partial charge < -0.3 is 5.73 Å². The van der Waals surface area contributed by atoms with Gasteiger partial charge in [-0.25, -0.2) is 5.84 Å². The van der Waals surface area contributed by atoms with E-state index < -0.39 is 0 Å². The number of carbonyl (C=O) groups excluding carboxylic acids is 1. The summed E-state index contributed by atoms with van der Waals surface area (Å²) >= 11 is 3.19. The lowest BCUT2D eigenvalue weighted by molar-refractivity contribution is 0.0957. The predicted molar refractivity (Wildman–Crippen MR) is 81.1 cm³/mol. The number of carbonyl (C=O) groups is 1. The molecule has 0 aliphatic rings. The van der Waals surface area contributed by atoms with Crippen molar-refractivity contribution in [2.24, 2.45) is 5.84 Å². The van der Waals surface area contributed by atoms with Gasteiger partial charge in [0.25, 0.3) is 5.91 Å². The molecular formula is C13H15N3OS2. The Morgan fingerprint density at radius 1 is 1.37 bits per heavy atom. The van der Waals surface area contributed by atoms with Crippen LogP contribution in [0.3, 0.4) is 0 Å². The summed E-state index contributed by atoms with van der Waals surface area (Å²) in [6, 6.07) is 9.63. The van der Waals surface area contributed by atoms with Crippen molar-refractivity contribution in [3.8, 4) is 0 Å². The molecule has 0 spiro atoms. The maximum Gasteiger partial charge on any atom is 0.275 e. The van der Waals surface area contributed by atoms with Crippen LogP contribution in [0.4, 0.5) is 5.69 Å². The smallest absolute Gasteiger partial charge is 0.275 e. The van der Waals surface area contributed by atoms with Crippen molar-refractivity contribution in [3.63, 3.8) is 0 Å². The molecule has 100 valence electrons. The topological polar surface area (TPSA) is 81.1 Å². The first-order valence-electron chi connectivity index (χ1n) is 5.68. The highest BCUT2D eigenvalue weighted by molar-refractivity contribution is 7.98. The number of aryl methyl sites for hydroxylation is 1. The molecule has 6 heteroatoms. The van der Waals surface area contributed by atoms with Crippen LogP contribution in [0.25, 0.3) is 0 Å². The van der Waals surface area contributed by atoms with Gasteiger partial charge in [-0.3, -0.25) is 10.2 Å². The number of benzene rings is 1. The second-order valence-corrected chi connectivity index (χ2v) is 6.24. The fourth-order valence-corrected chi connectivity index (χ4v) is 3.60. The number of hydrazine groups is 1. The average molecular weight is 293 g/mol. The van der Waals surface area contributed by atoms with E-state index in [1.165, 1.54) is 21.8 Å². The molecule has 0 unspecified atom stereocenters. The molecule has 1 amide bonds. The van der Waals surface area contributed by atoms with E-state index in [4.69, 9.17) is 11.6 Å². The van der Waals surface area contributed by atoms with Crippen molar-refractivity contribution < 1.29 is 4.79 Å². The van der Waals surface area contributed by atoms with Crippen LogP contribution in [-0.2, 0) is 5.75 Å². The number of nitrogen functional groups attached to an aromatic ring is 2. The summed E-state index contributed by atoms with van der Waals surface area (Å²) in [6.45, 7) is 2.04. The van der Waals surface area contributed by atoms with Crippen molar-refractivity contribution in [1.82, 2.24) is 5.43 Å². The number of thioether (sulfide) groups is 1. The minimum absolute atomic E-state index is 0.245. The minimum atomic E-state index is -0.245. The monoisotopic (exact) mass is 293 g/mol. The van der Waals surface area contributed by atoms with Gasteiger partial charge in [-0.05, 0) is 42.8 Å². The van der Waals surface area contributed by atoms with Gasteiger partial charge in [0.1, 0.15) is 0 Å². The molecule has 2 rings (SSSR count). The fourth-order valence-electron chi connectivity index (χ4n) is 1.63. The third-order valence-electron chi connectivity index (χ3n) is 2.59. The van der Waals surface area contributed by atoms with E-state index in [1.807, 2.05) is 31.2 Å². The quantitative estimate of drug-likeness (QED) is 0.266. The maximum absolute atomic E-state index is 11.3. The van der Waals surface area contributed by atoms with Gasteiger partial charge in [0, 0.05) is 21.2 Å². The zero-order valence-electron chi connectivity index (χ0n) is 10.5. The Bertz CT molecular complexity index is 595. The molecule has 0 fully saturated rings. The van der Waals surface area contributed by atoms with Gasteiger partial charge in [0.2, 0.25) is 0 Å². The van der Waals surface area contributed by atoms with Gasteiger partial charge in [-0.2, -0.15) is 0 Å². The van der Waals surface area contributed by atoms with E-state index in [0.717, 1.165) is 16.3 Å². The van der Waals surface area contributed by atoms with E-state index in [1.54, 1.807) is 17.8 Å². The summed E-state index contributed by atoms with van der Waals surface area (Å²) in [7, 11) is 0. The van der Waals surface area contributed by atoms with Crippen LogP contribution in [0.2, 0.25) is 0 Å². The lowest BCUT2D eigenvalue weighted by Gasteiger charge is -2.05. The van der Waals surface area contributed by atoms with Crippen molar-refractivity contribution >= 4 is 34.7 Å². The molecule has 0 bridgehead atoms. The first-order chi connectivity index (χ1) is 9.10. The molecule has 1 aromatic heterocycles. The zero-order valence-corrected chi connectivity index (χ0v) is 12.1. The SMILES string of the molecule is Cc1cc(N)ccc1SCc1ccc(C(=O)NN)s1. The van der Waals surface area contributed by atoms with Gasteiger partial charge in [-0.1, -0.05) is 0 Å². The van der Waals surface area contributed by atoms with Crippen molar-refractivity contribution in [2.45, 2.75) is 17.6 Å². The summed E-state index contributed by atoms with van der Waals surface area (Å²) in [5, 5.41) is 0. The largest absolute Gasteiger partial charge is 0.399 e. The molecule has 4 nitrogen and oxygen atoms in total. The highest BCUT2D eigenvalue weighted by Crippen LogP contribution is 2.29. The maximum atomic E-state index is 11.3. The van der Waals surface area contributed by atoms with Crippen molar-refractivity contribution in [2.75, 3.05) is 5.73 Å². The average Bonchev–Trinajstić information content (AvgIpc) is 2.85. The van der Waals surface area contributed by atoms with Gasteiger partial charge in [-0.15, -0.1) is 23.1 Å². The summed E-state index contributed by atoms with van der Waals surface area (Å²) in [5.41, 5.74) is 9.80. The Labute approximate surface area is 120 Å². The second-order valence-electron chi connectivity index (χ2n) is 4.05. The van der Waals surface area contributed by atoms with Gasteiger partial charge in [0.05, 0.1) is 4.88 Å². The molecule has 0 aliphatic heterocycles. The molecule has 0 saturated heterocycles. The number of rotatable bonds is 4. The predicted octanol–water partition coefficient (Wildman–Crippen LogP) is 2.53. The fraction of sp³-hybridized carbons (Fsp3) is 0.154. The van der Waals surface area contributed by atoms with Crippen LogP contribution >= 0.6 is 23.1 Å². The van der Waals surface area contributed by atoms with Crippen LogP contribution in [-0.4, -0.2) is 5.91 Å². The normalized spacial score (nSPS) is 10.4. The van der Waals surface area contributed by atoms with E-state index in [9.17, 15) is 4.79 Å². The Morgan fingerprint density at radius 2 is 2.16 bits per heavy atom. The van der Waals surface area contributed by atoms with E-state index in [-0.39, 0.29) is 5.91 Å². The minimum Gasteiger partial charge on any atom is -0.399 e. The van der Waals surface area contributed by atoms with Crippen LogP contribution in [0.5, 0.6) is 0 Å². The highest BCUT2D eigenvalue weighted by Gasteiger charge is 2.08. The van der Waals surface area contributed by atoms with E-state index in [0.29, 0.717) is 4.88 Å². The molecule has 0 radical (unpaired) electrons. The first kappa shape index (κ1) is 13.9. The lowest BCUT2D eigenvalue weighted by Crippen LogP contribution is -2.29. The first-order valence-corrected chi connectivity index (χ1v) is 7.49. The highest BCUT2D eigenvalue weighted by atomic mass is 32.2. The molecule has 0 atom stereocenters. The summed E-state index contributed by atoms with van der Waals surface area (Å²) in [5.74, 6) is 5.68. The van der Waals surface area contributed by atoms with Gasteiger partial charge >= 0.3 is 0 Å². The number of nitrogens with two attached hydrogens (primary N) is 2. The number of anilines is 1. The van der Waals surface area contributed by atoms with Crippen molar-refractivity contribution in [3.05, 3.63) is 45.6 Å². The molecule has 5 N–H and O–H groups in total. The molecule has 19 heavy (non-hydrogen) atoms. The Hall–Kier alpha value is -1.50. The van der Waals surface area contributed by atoms with Gasteiger partial charge in [0.15, 0.2) is 0 Å². The second kappa shape index (κ2) is 6.10. The van der Waals surface area contributed by atoms with Crippen LogP contribution in [0.15, 0.2) is 35.2 Å². The Balaban J connectivity index is 2.02. The molecule has 2 aromatic rings.